The number of rotatable bonds is 9. The predicted octanol–water partition coefficient (Wildman–Crippen LogP) is 0.660. The van der Waals surface area contributed by atoms with E-state index in [0.29, 0.717) is 6.42 Å². The van der Waals surface area contributed by atoms with Crippen LogP contribution in [0.2, 0.25) is 0 Å². The number of aliphatic hydroxyl groups is 2. The quantitative estimate of drug-likeness (QED) is 0.444. The largest absolute Gasteiger partial charge is 0.394 e. The molecule has 3 amide bonds. The summed E-state index contributed by atoms with van der Waals surface area (Å²) in [4.78, 5) is 29.6. The molecule has 2 rings (SSSR count). The third-order valence-corrected chi connectivity index (χ3v) is 4.61. The molecule has 148 valence electrons. The number of hydrogen-bond acceptors (Lipinski definition) is 6. The lowest BCUT2D eigenvalue weighted by Gasteiger charge is -2.30. The van der Waals surface area contributed by atoms with Crippen molar-refractivity contribution < 1.29 is 24.5 Å². The third kappa shape index (κ3) is 5.93. The van der Waals surface area contributed by atoms with Crippen molar-refractivity contribution in [3.05, 3.63) is 0 Å². The number of amides is 3. The lowest BCUT2D eigenvalue weighted by molar-refractivity contribution is -0.119. The van der Waals surface area contributed by atoms with Gasteiger partial charge in [-0.2, -0.15) is 0 Å². The van der Waals surface area contributed by atoms with Crippen molar-refractivity contribution in [1.82, 2.24) is 15.5 Å². The summed E-state index contributed by atoms with van der Waals surface area (Å²) in [5.74, 6) is -0.0274. The number of guanidine groups is 1. The van der Waals surface area contributed by atoms with E-state index in [1.165, 1.54) is 24.2 Å². The molecule has 0 saturated carbocycles. The van der Waals surface area contributed by atoms with Crippen LogP contribution in [-0.4, -0.2) is 64.7 Å². The smallest absolute Gasteiger partial charge is 0.327 e. The van der Waals surface area contributed by atoms with Crippen LogP contribution in [0.5, 0.6) is 0 Å². The average molecular weight is 370 g/mol. The van der Waals surface area contributed by atoms with E-state index in [1.807, 2.05) is 0 Å². The summed E-state index contributed by atoms with van der Waals surface area (Å²) in [5, 5.41) is 24.0. The van der Waals surface area contributed by atoms with Crippen LogP contribution in [0.15, 0.2) is 4.99 Å². The maximum absolute atomic E-state index is 12.2. The summed E-state index contributed by atoms with van der Waals surface area (Å²) in [6, 6.07) is -0.453. The summed E-state index contributed by atoms with van der Waals surface area (Å²) in [5.41, 5.74) is 0. The Balaban J connectivity index is 1.71. The van der Waals surface area contributed by atoms with Gasteiger partial charge in [-0.1, -0.05) is 39.0 Å². The molecule has 0 aromatic carbocycles. The van der Waals surface area contributed by atoms with Crippen LogP contribution in [0.4, 0.5) is 4.79 Å². The lowest BCUT2D eigenvalue weighted by atomic mass is 10.1. The lowest BCUT2D eigenvalue weighted by Crippen LogP contribution is -2.56. The first-order valence-corrected chi connectivity index (χ1v) is 9.41. The third-order valence-electron chi connectivity index (χ3n) is 4.61. The van der Waals surface area contributed by atoms with E-state index in [-0.39, 0.29) is 31.6 Å². The SMILES string of the molecule is CCCCCCCCC(=O)NC1=NCN(C2CC(O)C(CO)O2)C(=O)N1. The molecule has 3 atom stereocenters. The molecular formula is C17H30N4O5. The maximum atomic E-state index is 12.2. The monoisotopic (exact) mass is 370 g/mol. The topological polar surface area (TPSA) is 123 Å². The van der Waals surface area contributed by atoms with Crippen LogP contribution in [0.3, 0.4) is 0 Å². The number of nitrogens with one attached hydrogen (secondary N) is 2. The summed E-state index contributed by atoms with van der Waals surface area (Å²) < 4.78 is 5.45. The number of hydrogen-bond donors (Lipinski definition) is 4. The minimum absolute atomic E-state index is 0.0218. The number of carbonyl (C=O) groups excluding carboxylic acids is 2. The second-order valence-corrected chi connectivity index (χ2v) is 6.73. The zero-order valence-electron chi connectivity index (χ0n) is 15.3. The zero-order valence-corrected chi connectivity index (χ0v) is 15.3. The summed E-state index contributed by atoms with van der Waals surface area (Å²) in [7, 11) is 0. The first-order chi connectivity index (χ1) is 12.5. The number of aliphatic imine (C=N–C) groups is 1. The van der Waals surface area contributed by atoms with Crippen molar-refractivity contribution in [3.63, 3.8) is 0 Å². The van der Waals surface area contributed by atoms with Crippen LogP contribution in [0.1, 0.15) is 58.3 Å². The Bertz CT molecular complexity index is 513. The van der Waals surface area contributed by atoms with Crippen molar-refractivity contribution in [2.45, 2.75) is 76.7 Å². The highest BCUT2D eigenvalue weighted by atomic mass is 16.5. The molecule has 26 heavy (non-hydrogen) atoms. The molecule has 4 N–H and O–H groups in total. The van der Waals surface area contributed by atoms with Crippen LogP contribution in [0.25, 0.3) is 0 Å². The van der Waals surface area contributed by atoms with E-state index in [9.17, 15) is 14.7 Å². The normalized spacial score (nSPS) is 25.8. The van der Waals surface area contributed by atoms with Crippen LogP contribution < -0.4 is 10.6 Å². The Morgan fingerprint density at radius 1 is 1.35 bits per heavy atom. The molecule has 1 saturated heterocycles. The van der Waals surface area contributed by atoms with Gasteiger partial charge in [0, 0.05) is 12.8 Å². The second kappa shape index (κ2) is 10.4. The predicted molar refractivity (Wildman–Crippen MR) is 95.2 cm³/mol. The van der Waals surface area contributed by atoms with Gasteiger partial charge in [0.1, 0.15) is 19.0 Å². The highest BCUT2D eigenvalue weighted by Gasteiger charge is 2.39. The van der Waals surface area contributed by atoms with E-state index in [2.05, 4.69) is 22.5 Å². The van der Waals surface area contributed by atoms with Gasteiger partial charge in [-0.3, -0.25) is 20.3 Å². The van der Waals surface area contributed by atoms with Gasteiger partial charge in [-0.05, 0) is 6.42 Å². The van der Waals surface area contributed by atoms with Gasteiger partial charge in [0.25, 0.3) is 0 Å². The van der Waals surface area contributed by atoms with E-state index in [4.69, 9.17) is 9.84 Å². The van der Waals surface area contributed by atoms with E-state index < -0.39 is 24.5 Å². The second-order valence-electron chi connectivity index (χ2n) is 6.73. The van der Waals surface area contributed by atoms with Gasteiger partial charge in [0.05, 0.1) is 12.7 Å². The summed E-state index contributed by atoms with van der Waals surface area (Å²) in [6.07, 6.45) is 5.06. The highest BCUT2D eigenvalue weighted by Crippen LogP contribution is 2.23. The summed E-state index contributed by atoms with van der Waals surface area (Å²) in [6.45, 7) is 1.88. The molecule has 2 heterocycles. The van der Waals surface area contributed by atoms with Crippen LogP contribution in [-0.2, 0) is 9.53 Å². The van der Waals surface area contributed by atoms with Gasteiger partial charge < -0.3 is 14.9 Å². The molecular weight excluding hydrogens is 340 g/mol. The van der Waals surface area contributed by atoms with Gasteiger partial charge in [0.15, 0.2) is 0 Å². The number of urea groups is 1. The Labute approximate surface area is 153 Å². The van der Waals surface area contributed by atoms with Crippen molar-refractivity contribution in [2.24, 2.45) is 4.99 Å². The number of unbranched alkanes of at least 4 members (excludes halogenated alkanes) is 5. The molecule has 2 aliphatic heterocycles. The Morgan fingerprint density at radius 2 is 2.08 bits per heavy atom. The van der Waals surface area contributed by atoms with E-state index in [1.54, 1.807) is 0 Å². The average Bonchev–Trinajstić information content (AvgIpc) is 2.98. The van der Waals surface area contributed by atoms with Gasteiger partial charge in [-0.15, -0.1) is 0 Å². The molecule has 0 aromatic rings. The standard InChI is InChI=1S/C17H30N4O5/c1-2-3-4-5-6-7-8-14(24)19-16-18-11-21(17(25)20-16)15-9-12(23)13(10-22)26-15/h12-13,15,22-23H,2-11H2,1H3,(H2,18,19,20,24,25). The molecule has 2 aliphatic rings. The van der Waals surface area contributed by atoms with E-state index >= 15 is 0 Å². The molecule has 0 radical (unpaired) electrons. The Kier molecular flexibility index (Phi) is 8.27. The van der Waals surface area contributed by atoms with Crippen LogP contribution >= 0.6 is 0 Å². The molecule has 9 nitrogen and oxygen atoms in total. The summed E-state index contributed by atoms with van der Waals surface area (Å²) >= 11 is 0. The van der Waals surface area contributed by atoms with E-state index in [0.717, 1.165) is 19.3 Å². The number of nitrogens with zero attached hydrogens (tertiary/aromatic N) is 2. The fraction of sp³-hybridized carbons (Fsp3) is 0.824. The fourth-order valence-corrected chi connectivity index (χ4v) is 3.05. The number of aliphatic hydroxyl groups excluding tert-OH is 2. The Morgan fingerprint density at radius 3 is 2.73 bits per heavy atom. The first-order valence-electron chi connectivity index (χ1n) is 9.41. The highest BCUT2D eigenvalue weighted by molar-refractivity contribution is 6.05. The molecule has 0 bridgehead atoms. The number of ether oxygens (including phenoxy) is 1. The van der Waals surface area contributed by atoms with Crippen LogP contribution in [0, 0.1) is 0 Å². The molecule has 9 heteroatoms. The van der Waals surface area contributed by atoms with Gasteiger partial charge in [-0.25, -0.2) is 9.79 Å². The van der Waals surface area contributed by atoms with Crippen molar-refractivity contribution in [3.8, 4) is 0 Å². The molecule has 0 aliphatic carbocycles. The molecule has 3 unspecified atom stereocenters. The molecule has 1 fully saturated rings. The minimum Gasteiger partial charge on any atom is -0.394 e. The molecule has 0 aromatic heterocycles. The fourth-order valence-electron chi connectivity index (χ4n) is 3.05. The minimum atomic E-state index is -0.819. The Hall–Kier alpha value is -1.71. The first kappa shape index (κ1) is 20.6. The number of carbonyl (C=O) groups is 2. The van der Waals surface area contributed by atoms with Gasteiger partial charge in [0.2, 0.25) is 11.9 Å². The van der Waals surface area contributed by atoms with Crippen molar-refractivity contribution in [1.29, 1.82) is 0 Å². The van der Waals surface area contributed by atoms with Crippen molar-refractivity contribution in [2.75, 3.05) is 13.3 Å². The molecule has 0 spiro atoms. The van der Waals surface area contributed by atoms with Gasteiger partial charge >= 0.3 is 6.03 Å². The van der Waals surface area contributed by atoms with Crippen molar-refractivity contribution >= 4 is 17.9 Å². The zero-order chi connectivity index (χ0) is 18.9. The maximum Gasteiger partial charge on any atom is 0.327 e.